The van der Waals surface area contributed by atoms with Gasteiger partial charge in [-0.1, -0.05) is 6.42 Å². The van der Waals surface area contributed by atoms with E-state index in [4.69, 9.17) is 5.26 Å². The van der Waals surface area contributed by atoms with E-state index in [0.29, 0.717) is 6.54 Å². The molecule has 1 aliphatic rings. The van der Waals surface area contributed by atoms with Gasteiger partial charge < -0.3 is 0 Å². The quantitative estimate of drug-likeness (QED) is 0.891. The van der Waals surface area contributed by atoms with Gasteiger partial charge in [-0.3, -0.25) is 0 Å². The molecule has 0 radical (unpaired) electrons. The number of nitrogens with zero attached hydrogens (tertiary/aromatic N) is 2. The van der Waals surface area contributed by atoms with E-state index < -0.39 is 10.0 Å². The molecule has 1 saturated carbocycles. The fourth-order valence-corrected chi connectivity index (χ4v) is 4.26. The molecule has 102 valence electrons. The zero-order valence-electron chi connectivity index (χ0n) is 10.6. The molecule has 1 aromatic rings. The van der Waals surface area contributed by atoms with Crippen LogP contribution < -0.4 is 4.72 Å². The number of sulfonamides is 1. The predicted molar refractivity (Wildman–Crippen MR) is 74.2 cm³/mol. The van der Waals surface area contributed by atoms with Crippen LogP contribution in [0.3, 0.4) is 0 Å². The van der Waals surface area contributed by atoms with E-state index >= 15 is 0 Å². The first-order chi connectivity index (χ1) is 9.03. The normalized spacial score (nSPS) is 17.5. The highest BCUT2D eigenvalue weighted by atomic mass is 32.2. The number of pyridine rings is 1. The Hall–Kier alpha value is -1.10. The molecule has 7 heteroatoms. The molecule has 0 saturated heterocycles. The van der Waals surface area contributed by atoms with E-state index in [0.717, 1.165) is 19.3 Å². The highest BCUT2D eigenvalue weighted by molar-refractivity contribution is 8.00. The Morgan fingerprint density at radius 2 is 2.32 bits per heavy atom. The van der Waals surface area contributed by atoms with Crippen molar-refractivity contribution in [2.24, 2.45) is 0 Å². The van der Waals surface area contributed by atoms with Crippen molar-refractivity contribution in [1.82, 2.24) is 9.71 Å². The highest BCUT2D eigenvalue weighted by Gasteiger charge is 2.37. The first kappa shape index (κ1) is 14.3. The number of rotatable bonds is 5. The first-order valence-corrected chi connectivity index (χ1v) is 8.64. The van der Waals surface area contributed by atoms with Crippen molar-refractivity contribution in [2.75, 3.05) is 12.8 Å². The van der Waals surface area contributed by atoms with Gasteiger partial charge in [0, 0.05) is 17.5 Å². The Bertz CT molecular complexity index is 598. The molecule has 1 N–H and O–H groups in total. The zero-order chi connectivity index (χ0) is 13.9. The maximum Gasteiger partial charge on any atom is 0.243 e. The summed E-state index contributed by atoms with van der Waals surface area (Å²) < 4.78 is 27.0. The van der Waals surface area contributed by atoms with Crippen molar-refractivity contribution in [3.8, 4) is 6.07 Å². The average molecular weight is 297 g/mol. The molecule has 19 heavy (non-hydrogen) atoms. The molecular weight excluding hydrogens is 282 g/mol. The van der Waals surface area contributed by atoms with Crippen LogP contribution in [0.4, 0.5) is 0 Å². The molecule has 5 nitrogen and oxygen atoms in total. The molecule has 0 amide bonds. The van der Waals surface area contributed by atoms with E-state index in [2.05, 4.69) is 9.71 Å². The third-order valence-electron chi connectivity index (χ3n) is 3.45. The minimum Gasteiger partial charge on any atom is -0.244 e. The zero-order valence-corrected chi connectivity index (χ0v) is 12.2. The number of thioether (sulfide) groups is 1. The number of nitriles is 1. The summed E-state index contributed by atoms with van der Waals surface area (Å²) in [6.07, 6.45) is 6.59. The fourth-order valence-electron chi connectivity index (χ4n) is 2.02. The van der Waals surface area contributed by atoms with Crippen LogP contribution in [-0.4, -0.2) is 30.9 Å². The highest BCUT2D eigenvalue weighted by Crippen LogP contribution is 2.42. The van der Waals surface area contributed by atoms with Crippen LogP contribution in [0.15, 0.2) is 23.2 Å². The Kier molecular flexibility index (Phi) is 4.13. The van der Waals surface area contributed by atoms with Crippen molar-refractivity contribution in [3.63, 3.8) is 0 Å². The summed E-state index contributed by atoms with van der Waals surface area (Å²) >= 11 is 1.70. The second-order valence-corrected chi connectivity index (χ2v) is 7.54. The molecule has 0 unspecified atom stereocenters. The van der Waals surface area contributed by atoms with Crippen molar-refractivity contribution >= 4 is 21.8 Å². The number of aromatic nitrogens is 1. The Labute approximate surface area is 117 Å². The topological polar surface area (TPSA) is 82.8 Å². The largest absolute Gasteiger partial charge is 0.244 e. The molecule has 0 spiro atoms. The summed E-state index contributed by atoms with van der Waals surface area (Å²) in [7, 11) is -3.67. The molecule has 1 aromatic heterocycles. The van der Waals surface area contributed by atoms with E-state index in [1.165, 1.54) is 18.3 Å². The SMILES string of the molecule is CSC1(CNS(=O)(=O)c2cccnc2C#N)CCC1. The lowest BCUT2D eigenvalue weighted by molar-refractivity contribution is 0.362. The molecule has 0 atom stereocenters. The molecule has 0 aliphatic heterocycles. The third kappa shape index (κ3) is 2.91. The lowest BCUT2D eigenvalue weighted by atomic mass is 9.84. The third-order valence-corrected chi connectivity index (χ3v) is 6.30. The van der Waals surface area contributed by atoms with E-state index in [1.54, 1.807) is 17.8 Å². The lowest BCUT2D eigenvalue weighted by Crippen LogP contribution is -2.45. The van der Waals surface area contributed by atoms with Crippen molar-refractivity contribution in [1.29, 1.82) is 5.26 Å². The Balaban J connectivity index is 2.17. The maximum absolute atomic E-state index is 12.2. The van der Waals surface area contributed by atoms with Crippen LogP contribution in [0, 0.1) is 11.3 Å². The Morgan fingerprint density at radius 3 is 2.84 bits per heavy atom. The minimum absolute atomic E-state index is 0.0160. The number of nitrogens with one attached hydrogen (secondary N) is 1. The molecule has 1 aliphatic carbocycles. The van der Waals surface area contributed by atoms with Gasteiger partial charge in [-0.25, -0.2) is 18.1 Å². The van der Waals surface area contributed by atoms with E-state index in [-0.39, 0.29) is 15.3 Å². The first-order valence-electron chi connectivity index (χ1n) is 5.93. The second kappa shape index (κ2) is 5.49. The maximum atomic E-state index is 12.2. The lowest BCUT2D eigenvalue weighted by Gasteiger charge is -2.40. The summed E-state index contributed by atoms with van der Waals surface area (Å²) in [6, 6.07) is 4.73. The minimum atomic E-state index is -3.67. The molecule has 2 rings (SSSR count). The summed E-state index contributed by atoms with van der Waals surface area (Å²) in [6.45, 7) is 0.399. The van der Waals surface area contributed by atoms with Gasteiger partial charge in [-0.15, -0.1) is 0 Å². The summed E-state index contributed by atoms with van der Waals surface area (Å²) in [4.78, 5) is 3.73. The van der Waals surface area contributed by atoms with Crippen LogP contribution in [-0.2, 0) is 10.0 Å². The van der Waals surface area contributed by atoms with Gasteiger partial charge in [-0.05, 0) is 31.2 Å². The average Bonchev–Trinajstić information content (AvgIpc) is 2.38. The molecule has 1 heterocycles. The van der Waals surface area contributed by atoms with Crippen LogP contribution in [0.1, 0.15) is 25.0 Å². The van der Waals surface area contributed by atoms with Gasteiger partial charge in [0.25, 0.3) is 0 Å². The summed E-state index contributed by atoms with van der Waals surface area (Å²) in [5.41, 5.74) is -0.0678. The number of hydrogen-bond donors (Lipinski definition) is 1. The van der Waals surface area contributed by atoms with Crippen LogP contribution in [0.2, 0.25) is 0 Å². The molecule has 0 bridgehead atoms. The summed E-state index contributed by atoms with van der Waals surface area (Å²) in [5.74, 6) is 0. The molecule has 0 aromatic carbocycles. The van der Waals surface area contributed by atoms with E-state index in [1.807, 2.05) is 6.26 Å². The standard InChI is InChI=1S/C12H15N3O2S2/c1-18-12(5-3-6-12)9-15-19(16,17)11-4-2-7-14-10(11)8-13/h2,4,7,15H,3,5-6,9H2,1H3. The monoisotopic (exact) mass is 297 g/mol. The van der Waals surface area contributed by atoms with Gasteiger partial charge >= 0.3 is 0 Å². The van der Waals surface area contributed by atoms with Crippen LogP contribution in [0.5, 0.6) is 0 Å². The van der Waals surface area contributed by atoms with Gasteiger partial charge in [-0.2, -0.15) is 17.0 Å². The van der Waals surface area contributed by atoms with Crippen molar-refractivity contribution in [2.45, 2.75) is 28.9 Å². The van der Waals surface area contributed by atoms with E-state index in [9.17, 15) is 8.42 Å². The van der Waals surface area contributed by atoms with Crippen molar-refractivity contribution in [3.05, 3.63) is 24.0 Å². The van der Waals surface area contributed by atoms with Gasteiger partial charge in [0.15, 0.2) is 5.69 Å². The summed E-state index contributed by atoms with van der Waals surface area (Å²) in [5, 5.41) is 8.90. The smallest absolute Gasteiger partial charge is 0.243 e. The van der Waals surface area contributed by atoms with Crippen LogP contribution >= 0.6 is 11.8 Å². The van der Waals surface area contributed by atoms with Gasteiger partial charge in [0.05, 0.1) is 0 Å². The van der Waals surface area contributed by atoms with Gasteiger partial charge in [0.2, 0.25) is 10.0 Å². The predicted octanol–water partition coefficient (Wildman–Crippen LogP) is 1.52. The fraction of sp³-hybridized carbons (Fsp3) is 0.500. The molecular formula is C12H15N3O2S2. The van der Waals surface area contributed by atoms with Crippen LogP contribution in [0.25, 0.3) is 0 Å². The second-order valence-electron chi connectivity index (χ2n) is 4.53. The van der Waals surface area contributed by atoms with Gasteiger partial charge in [0.1, 0.15) is 11.0 Å². The number of hydrogen-bond acceptors (Lipinski definition) is 5. The van der Waals surface area contributed by atoms with Crippen molar-refractivity contribution < 1.29 is 8.42 Å². The Morgan fingerprint density at radius 1 is 1.58 bits per heavy atom. The molecule has 1 fully saturated rings.